The lowest BCUT2D eigenvalue weighted by Gasteiger charge is -2.30. The van der Waals surface area contributed by atoms with Crippen LogP contribution in [-0.2, 0) is 0 Å². The molecule has 2 aromatic rings. The van der Waals surface area contributed by atoms with E-state index in [0.29, 0.717) is 12.0 Å². The van der Waals surface area contributed by atoms with E-state index in [2.05, 4.69) is 17.3 Å². The van der Waals surface area contributed by atoms with Gasteiger partial charge in [0.1, 0.15) is 6.20 Å². The van der Waals surface area contributed by atoms with Gasteiger partial charge in [-0.15, -0.1) is 0 Å². The second kappa shape index (κ2) is 5.11. The van der Waals surface area contributed by atoms with Gasteiger partial charge in [-0.2, -0.15) is 5.10 Å². The molecule has 2 atom stereocenters. The highest BCUT2D eigenvalue weighted by atomic mass is 16.6. The van der Waals surface area contributed by atoms with Gasteiger partial charge in [0.15, 0.2) is 0 Å². The monoisotopic (exact) mass is 274 g/mol. The molecule has 0 radical (unpaired) electrons. The Balaban J connectivity index is 1.92. The number of fused-ring (bicyclic) bond motifs is 1. The average molecular weight is 274 g/mol. The van der Waals surface area contributed by atoms with Crippen LogP contribution >= 0.6 is 0 Å². The number of nitrogens with zero attached hydrogens (tertiary/aromatic N) is 3. The minimum atomic E-state index is -0.387. The first kappa shape index (κ1) is 12.9. The molecule has 0 aliphatic heterocycles. The van der Waals surface area contributed by atoms with Crippen LogP contribution in [0.1, 0.15) is 32.6 Å². The number of anilines is 1. The minimum absolute atomic E-state index is 0.0726. The van der Waals surface area contributed by atoms with E-state index in [1.165, 1.54) is 25.5 Å². The van der Waals surface area contributed by atoms with Crippen molar-refractivity contribution in [3.05, 3.63) is 34.6 Å². The highest BCUT2D eigenvalue weighted by Crippen LogP contribution is 2.29. The van der Waals surface area contributed by atoms with Crippen LogP contribution in [0, 0.1) is 16.0 Å². The average Bonchev–Trinajstić information content (AvgIpc) is 2.86. The van der Waals surface area contributed by atoms with E-state index in [1.54, 1.807) is 16.8 Å². The Bertz CT molecular complexity index is 637. The van der Waals surface area contributed by atoms with Gasteiger partial charge in [0, 0.05) is 18.3 Å². The molecule has 1 saturated carbocycles. The fraction of sp³-hybridized carbons (Fsp3) is 0.500. The van der Waals surface area contributed by atoms with Crippen molar-refractivity contribution in [1.82, 2.24) is 9.61 Å². The molecule has 6 heteroatoms. The van der Waals surface area contributed by atoms with E-state index in [1.807, 2.05) is 6.07 Å². The largest absolute Gasteiger partial charge is 0.380 e. The number of hydrogen-bond acceptors (Lipinski definition) is 4. The Hall–Kier alpha value is -2.11. The fourth-order valence-electron chi connectivity index (χ4n) is 2.95. The van der Waals surface area contributed by atoms with Crippen molar-refractivity contribution in [2.24, 2.45) is 5.92 Å². The van der Waals surface area contributed by atoms with E-state index in [0.717, 1.165) is 17.6 Å². The molecule has 2 heterocycles. The standard InChI is InChI=1S/C14H18N4O2/c1-10-4-2-3-5-12(10)16-13-6-7-15-17-9-11(18(19)20)8-14(13)17/h6-10,12,16H,2-5H2,1H3/t10-,12+/m1/s1. The van der Waals surface area contributed by atoms with Gasteiger partial charge in [0.25, 0.3) is 5.69 Å². The predicted molar refractivity (Wildman–Crippen MR) is 76.9 cm³/mol. The summed E-state index contributed by atoms with van der Waals surface area (Å²) in [6.45, 7) is 2.26. The second-order valence-electron chi connectivity index (χ2n) is 5.54. The van der Waals surface area contributed by atoms with Gasteiger partial charge in [0.2, 0.25) is 0 Å². The quantitative estimate of drug-likeness (QED) is 0.689. The molecule has 1 N–H and O–H groups in total. The SMILES string of the molecule is C[C@@H]1CCCC[C@@H]1Nc1ccnn2cc([N+](=O)[O-])cc12. The number of hydrogen-bond donors (Lipinski definition) is 1. The zero-order chi connectivity index (χ0) is 14.1. The zero-order valence-electron chi connectivity index (χ0n) is 11.5. The van der Waals surface area contributed by atoms with Crippen LogP contribution in [0.3, 0.4) is 0 Å². The Morgan fingerprint density at radius 3 is 3.00 bits per heavy atom. The summed E-state index contributed by atoms with van der Waals surface area (Å²) in [6, 6.07) is 3.90. The minimum Gasteiger partial charge on any atom is -0.380 e. The van der Waals surface area contributed by atoms with Gasteiger partial charge < -0.3 is 5.32 Å². The van der Waals surface area contributed by atoms with Gasteiger partial charge >= 0.3 is 0 Å². The summed E-state index contributed by atoms with van der Waals surface area (Å²) in [5.74, 6) is 0.627. The fourth-order valence-corrected chi connectivity index (χ4v) is 2.95. The van der Waals surface area contributed by atoms with E-state index < -0.39 is 0 Å². The van der Waals surface area contributed by atoms with Gasteiger partial charge in [0.05, 0.1) is 16.1 Å². The van der Waals surface area contributed by atoms with Gasteiger partial charge in [-0.25, -0.2) is 4.52 Å². The van der Waals surface area contributed by atoms with Crippen LogP contribution in [0.25, 0.3) is 5.52 Å². The molecule has 1 fully saturated rings. The normalized spacial score (nSPS) is 22.9. The third-order valence-corrected chi connectivity index (χ3v) is 4.16. The van der Waals surface area contributed by atoms with Gasteiger partial charge in [-0.3, -0.25) is 10.1 Å². The van der Waals surface area contributed by atoms with Crippen molar-refractivity contribution >= 4 is 16.9 Å². The molecule has 0 bridgehead atoms. The first-order valence-electron chi connectivity index (χ1n) is 7.03. The van der Waals surface area contributed by atoms with Crippen LogP contribution < -0.4 is 5.32 Å². The Labute approximate surface area is 116 Å². The van der Waals surface area contributed by atoms with Gasteiger partial charge in [-0.05, 0) is 24.8 Å². The lowest BCUT2D eigenvalue weighted by atomic mass is 9.86. The van der Waals surface area contributed by atoms with E-state index in [9.17, 15) is 10.1 Å². The lowest BCUT2D eigenvalue weighted by molar-refractivity contribution is -0.384. The lowest BCUT2D eigenvalue weighted by Crippen LogP contribution is -2.30. The molecular weight excluding hydrogens is 256 g/mol. The third-order valence-electron chi connectivity index (χ3n) is 4.16. The van der Waals surface area contributed by atoms with Crippen LogP contribution in [0.15, 0.2) is 24.5 Å². The van der Waals surface area contributed by atoms with Crippen LogP contribution in [-0.4, -0.2) is 20.6 Å². The highest BCUT2D eigenvalue weighted by molar-refractivity contribution is 5.74. The summed E-state index contributed by atoms with van der Waals surface area (Å²) in [4.78, 5) is 10.5. The molecule has 0 unspecified atom stereocenters. The number of nitro groups is 1. The molecule has 3 rings (SSSR count). The first-order chi connectivity index (χ1) is 9.65. The molecule has 0 saturated heterocycles. The van der Waals surface area contributed by atoms with Crippen molar-refractivity contribution in [3.63, 3.8) is 0 Å². The predicted octanol–water partition coefficient (Wildman–Crippen LogP) is 3.23. The molecule has 106 valence electrons. The number of rotatable bonds is 3. The summed E-state index contributed by atoms with van der Waals surface area (Å²) in [5, 5.41) is 18.5. The molecule has 0 aromatic carbocycles. The number of aromatic nitrogens is 2. The van der Waals surface area contributed by atoms with Crippen LogP contribution in [0.5, 0.6) is 0 Å². The molecule has 6 nitrogen and oxygen atoms in total. The topological polar surface area (TPSA) is 72.5 Å². The molecule has 1 aliphatic carbocycles. The van der Waals surface area contributed by atoms with Crippen molar-refractivity contribution in [1.29, 1.82) is 0 Å². The summed E-state index contributed by atoms with van der Waals surface area (Å²) >= 11 is 0. The maximum atomic E-state index is 10.9. The smallest absolute Gasteiger partial charge is 0.289 e. The zero-order valence-corrected chi connectivity index (χ0v) is 11.5. The Morgan fingerprint density at radius 1 is 1.45 bits per heavy atom. The van der Waals surface area contributed by atoms with Crippen molar-refractivity contribution in [2.75, 3.05) is 5.32 Å². The molecular formula is C14H18N4O2. The summed E-state index contributed by atoms with van der Waals surface area (Å²) < 4.78 is 1.56. The maximum absolute atomic E-state index is 10.9. The Kier molecular flexibility index (Phi) is 3.30. The second-order valence-corrected chi connectivity index (χ2v) is 5.54. The molecule has 0 amide bonds. The maximum Gasteiger partial charge on any atom is 0.289 e. The summed E-state index contributed by atoms with van der Waals surface area (Å²) in [7, 11) is 0. The highest BCUT2D eigenvalue weighted by Gasteiger charge is 2.22. The van der Waals surface area contributed by atoms with Crippen LogP contribution in [0.2, 0.25) is 0 Å². The third kappa shape index (κ3) is 2.33. The molecule has 1 aliphatic rings. The number of nitrogens with one attached hydrogen (secondary N) is 1. The summed E-state index contributed by atoms with van der Waals surface area (Å²) in [5.41, 5.74) is 1.76. The first-order valence-corrected chi connectivity index (χ1v) is 7.03. The van der Waals surface area contributed by atoms with E-state index >= 15 is 0 Å². The van der Waals surface area contributed by atoms with Crippen molar-refractivity contribution < 1.29 is 4.92 Å². The van der Waals surface area contributed by atoms with E-state index in [-0.39, 0.29) is 10.6 Å². The van der Waals surface area contributed by atoms with Crippen LogP contribution in [0.4, 0.5) is 11.4 Å². The molecule has 0 spiro atoms. The molecule has 2 aromatic heterocycles. The van der Waals surface area contributed by atoms with Gasteiger partial charge in [-0.1, -0.05) is 19.8 Å². The van der Waals surface area contributed by atoms with Crippen molar-refractivity contribution in [3.8, 4) is 0 Å². The Morgan fingerprint density at radius 2 is 2.25 bits per heavy atom. The molecule has 20 heavy (non-hydrogen) atoms. The summed E-state index contributed by atoms with van der Waals surface area (Å²) in [6.07, 6.45) is 8.04. The van der Waals surface area contributed by atoms with Crippen molar-refractivity contribution in [2.45, 2.75) is 38.6 Å². The van der Waals surface area contributed by atoms with E-state index in [4.69, 9.17) is 0 Å².